The zero-order valence-corrected chi connectivity index (χ0v) is 18.1. The fraction of sp³-hybridized carbons (Fsp3) is 0.739. The third kappa shape index (κ3) is 3.55. The smallest absolute Gasteiger partial charge is 0.375 e. The molecule has 1 amide bonds. The van der Waals surface area contributed by atoms with E-state index in [9.17, 15) is 18.0 Å². The molecule has 2 bridgehead atoms. The molecule has 5 rings (SSSR count). The molecule has 8 heteroatoms. The highest BCUT2D eigenvalue weighted by Gasteiger charge is 2.53. The number of nitrogens with zero attached hydrogens (tertiary/aromatic N) is 3. The van der Waals surface area contributed by atoms with Crippen molar-refractivity contribution >= 4 is 5.91 Å². The van der Waals surface area contributed by atoms with E-state index in [1.54, 1.807) is 4.90 Å². The van der Waals surface area contributed by atoms with E-state index < -0.39 is 17.2 Å². The molecule has 0 aromatic carbocycles. The number of alkyl halides is 3. The molecule has 3 fully saturated rings. The first-order valence-electron chi connectivity index (χ1n) is 11.4. The van der Waals surface area contributed by atoms with E-state index in [0.29, 0.717) is 42.4 Å². The summed E-state index contributed by atoms with van der Waals surface area (Å²) in [4.78, 5) is 22.2. The maximum atomic E-state index is 13.8. The number of rotatable bonds is 3. The van der Waals surface area contributed by atoms with Crippen molar-refractivity contribution in [3.63, 3.8) is 0 Å². The standard InChI is InChI=1S/C23H30F3N3O2/c1-14(2)22(5-3-17(9-22)29-12-19-8-18(29)13-31-19)21(30)28-6-4-20-15(11-28)7-16(10-27-20)23(24,25)26/h7,10,14,17-19H,3-6,8-9,11-13H2,1-2H3/t17?,18-,19-,22-/m0/s1. The molecule has 1 unspecified atom stereocenters. The van der Waals surface area contributed by atoms with Gasteiger partial charge in [0.1, 0.15) is 0 Å². The van der Waals surface area contributed by atoms with Gasteiger partial charge in [-0.2, -0.15) is 13.2 Å². The second-order valence-corrected chi connectivity index (χ2v) is 10.1. The summed E-state index contributed by atoms with van der Waals surface area (Å²) in [6.07, 6.45) is 1.08. The van der Waals surface area contributed by atoms with Gasteiger partial charge in [-0.1, -0.05) is 13.8 Å². The third-order valence-electron chi connectivity index (χ3n) is 8.12. The lowest BCUT2D eigenvalue weighted by Gasteiger charge is -2.40. The van der Waals surface area contributed by atoms with Crippen molar-refractivity contribution in [2.45, 2.75) is 76.9 Å². The SMILES string of the molecule is CC(C)[C@]1(C(=O)N2CCc3ncc(C(F)(F)F)cc3C2)CCC(N2C[C@@H]3C[C@H]2CO3)C1. The monoisotopic (exact) mass is 437 g/mol. The maximum absolute atomic E-state index is 13.8. The number of morpholine rings is 1. The van der Waals surface area contributed by atoms with Crippen LogP contribution in [0.15, 0.2) is 12.3 Å². The highest BCUT2D eigenvalue weighted by Crippen LogP contribution is 2.49. The topological polar surface area (TPSA) is 45.7 Å². The number of hydrogen-bond acceptors (Lipinski definition) is 4. The Kier molecular flexibility index (Phi) is 5.09. The molecule has 0 N–H and O–H groups in total. The third-order valence-corrected chi connectivity index (χ3v) is 8.12. The molecule has 4 atom stereocenters. The molecule has 1 aromatic heterocycles. The Morgan fingerprint density at radius 1 is 1.32 bits per heavy atom. The van der Waals surface area contributed by atoms with Crippen molar-refractivity contribution in [3.05, 3.63) is 29.1 Å². The number of aromatic nitrogens is 1. The van der Waals surface area contributed by atoms with Gasteiger partial charge in [-0.3, -0.25) is 14.7 Å². The predicted octanol–water partition coefficient (Wildman–Crippen LogP) is 3.65. The number of carbonyl (C=O) groups excluding carboxylic acids is 1. The molecule has 2 saturated heterocycles. The van der Waals surface area contributed by atoms with Gasteiger partial charge in [-0.05, 0) is 43.2 Å². The van der Waals surface area contributed by atoms with Crippen molar-refractivity contribution in [2.24, 2.45) is 11.3 Å². The second-order valence-electron chi connectivity index (χ2n) is 10.1. The largest absolute Gasteiger partial charge is 0.417 e. The second kappa shape index (κ2) is 7.44. The molecule has 0 spiro atoms. The van der Waals surface area contributed by atoms with Crippen molar-refractivity contribution in [1.82, 2.24) is 14.8 Å². The van der Waals surface area contributed by atoms with E-state index in [1.807, 2.05) is 0 Å². The molecule has 31 heavy (non-hydrogen) atoms. The Bertz CT molecular complexity index is 874. The summed E-state index contributed by atoms with van der Waals surface area (Å²) in [5.41, 5.74) is 0.0104. The van der Waals surface area contributed by atoms with Crippen LogP contribution >= 0.6 is 0 Å². The zero-order valence-electron chi connectivity index (χ0n) is 18.1. The molecule has 0 radical (unpaired) electrons. The average molecular weight is 438 g/mol. The number of hydrogen-bond donors (Lipinski definition) is 0. The minimum absolute atomic E-state index is 0.105. The summed E-state index contributed by atoms with van der Waals surface area (Å²) in [6, 6.07) is 2.03. The lowest BCUT2D eigenvalue weighted by Crippen LogP contribution is -2.49. The predicted molar refractivity (Wildman–Crippen MR) is 108 cm³/mol. The average Bonchev–Trinajstić information content (AvgIpc) is 3.47. The fourth-order valence-corrected chi connectivity index (χ4v) is 6.24. The lowest BCUT2D eigenvalue weighted by molar-refractivity contribution is -0.146. The first-order chi connectivity index (χ1) is 14.7. The summed E-state index contributed by atoms with van der Waals surface area (Å²) in [7, 11) is 0. The summed E-state index contributed by atoms with van der Waals surface area (Å²) < 4.78 is 45.2. The number of carbonyl (C=O) groups is 1. The van der Waals surface area contributed by atoms with Crippen molar-refractivity contribution < 1.29 is 22.7 Å². The molecule has 5 nitrogen and oxygen atoms in total. The summed E-state index contributed by atoms with van der Waals surface area (Å²) in [5, 5.41) is 0. The summed E-state index contributed by atoms with van der Waals surface area (Å²) in [5.74, 6) is 0.288. The minimum atomic E-state index is -4.43. The van der Waals surface area contributed by atoms with Gasteiger partial charge >= 0.3 is 6.18 Å². The van der Waals surface area contributed by atoms with E-state index in [2.05, 4.69) is 23.7 Å². The molecule has 1 saturated carbocycles. The maximum Gasteiger partial charge on any atom is 0.417 e. The summed E-state index contributed by atoms with van der Waals surface area (Å²) >= 11 is 0. The molecule has 1 aromatic rings. The Labute approximate surface area is 180 Å². The van der Waals surface area contributed by atoms with Crippen LogP contribution in [0.1, 0.15) is 56.4 Å². The summed E-state index contributed by atoms with van der Waals surface area (Å²) in [6.45, 7) is 6.71. The van der Waals surface area contributed by atoms with Gasteiger partial charge in [0.15, 0.2) is 0 Å². The van der Waals surface area contributed by atoms with Crippen LogP contribution in [-0.4, -0.2) is 58.6 Å². The highest BCUT2D eigenvalue weighted by atomic mass is 19.4. The Balaban J connectivity index is 1.35. The number of fused-ring (bicyclic) bond motifs is 3. The van der Waals surface area contributed by atoms with Crippen molar-refractivity contribution in [3.8, 4) is 0 Å². The van der Waals surface area contributed by atoms with E-state index in [-0.39, 0.29) is 18.4 Å². The fourth-order valence-electron chi connectivity index (χ4n) is 6.24. The molecule has 4 heterocycles. The van der Waals surface area contributed by atoms with Gasteiger partial charge in [0.05, 0.1) is 23.7 Å². The van der Waals surface area contributed by atoms with Crippen LogP contribution in [-0.2, 0) is 28.7 Å². The molecule has 3 aliphatic heterocycles. The number of likely N-dealkylation sites (tertiary alicyclic amines) is 1. The van der Waals surface area contributed by atoms with E-state index in [4.69, 9.17) is 4.74 Å². The van der Waals surface area contributed by atoms with Crippen LogP contribution in [0.25, 0.3) is 0 Å². The van der Waals surface area contributed by atoms with Crippen LogP contribution in [0.2, 0.25) is 0 Å². The van der Waals surface area contributed by atoms with Crippen LogP contribution in [0.5, 0.6) is 0 Å². The number of pyridine rings is 1. The number of ether oxygens (including phenoxy) is 1. The van der Waals surface area contributed by atoms with Gasteiger partial charge in [0.25, 0.3) is 0 Å². The first-order valence-corrected chi connectivity index (χ1v) is 11.4. The minimum Gasteiger partial charge on any atom is -0.375 e. The lowest BCUT2D eigenvalue weighted by atomic mass is 9.73. The van der Waals surface area contributed by atoms with Gasteiger partial charge in [-0.15, -0.1) is 0 Å². The molecule has 4 aliphatic rings. The number of halogens is 3. The Morgan fingerprint density at radius 2 is 2.13 bits per heavy atom. The molecular formula is C23H30F3N3O2. The van der Waals surface area contributed by atoms with E-state index in [1.165, 1.54) is 6.07 Å². The number of amides is 1. The van der Waals surface area contributed by atoms with Crippen LogP contribution in [0.4, 0.5) is 13.2 Å². The molecule has 1 aliphatic carbocycles. The Morgan fingerprint density at radius 3 is 2.77 bits per heavy atom. The zero-order chi connectivity index (χ0) is 22.0. The normalized spacial score (nSPS) is 33.4. The van der Waals surface area contributed by atoms with Gasteiger partial charge in [0.2, 0.25) is 5.91 Å². The van der Waals surface area contributed by atoms with Crippen LogP contribution in [0.3, 0.4) is 0 Å². The van der Waals surface area contributed by atoms with Crippen molar-refractivity contribution in [1.29, 1.82) is 0 Å². The molecular weight excluding hydrogens is 407 g/mol. The van der Waals surface area contributed by atoms with E-state index in [0.717, 1.165) is 45.0 Å². The van der Waals surface area contributed by atoms with Gasteiger partial charge in [-0.25, -0.2) is 0 Å². The van der Waals surface area contributed by atoms with Gasteiger partial charge in [0, 0.05) is 50.0 Å². The highest BCUT2D eigenvalue weighted by molar-refractivity contribution is 5.83. The van der Waals surface area contributed by atoms with E-state index >= 15 is 0 Å². The van der Waals surface area contributed by atoms with Crippen LogP contribution < -0.4 is 0 Å². The molecule has 170 valence electrons. The van der Waals surface area contributed by atoms with Crippen LogP contribution in [0, 0.1) is 11.3 Å². The first kappa shape index (κ1) is 21.2. The quantitative estimate of drug-likeness (QED) is 0.724. The van der Waals surface area contributed by atoms with Gasteiger partial charge < -0.3 is 9.64 Å². The van der Waals surface area contributed by atoms with Crippen molar-refractivity contribution in [2.75, 3.05) is 19.7 Å². The Hall–Kier alpha value is -1.67.